The van der Waals surface area contributed by atoms with Crippen molar-refractivity contribution >= 4 is 17.4 Å². The van der Waals surface area contributed by atoms with Crippen LogP contribution < -0.4 is 5.32 Å². The summed E-state index contributed by atoms with van der Waals surface area (Å²) in [6.07, 6.45) is 0. The molecule has 0 aliphatic rings. The molecule has 0 saturated heterocycles. The van der Waals surface area contributed by atoms with Crippen molar-refractivity contribution in [3.05, 3.63) is 54.6 Å². The molecule has 1 nitrogen and oxygen atoms in total. The average Bonchev–Trinajstić information content (AvgIpc) is 2.45. The molecule has 1 N–H and O–H groups in total. The molecule has 0 radical (unpaired) electrons. The zero-order chi connectivity index (χ0) is 12.6. The van der Waals surface area contributed by atoms with Gasteiger partial charge in [-0.3, -0.25) is 0 Å². The van der Waals surface area contributed by atoms with Gasteiger partial charge in [-0.25, -0.2) is 0 Å². The summed E-state index contributed by atoms with van der Waals surface area (Å²) >= 11 is 1.97. The van der Waals surface area contributed by atoms with Gasteiger partial charge >= 0.3 is 0 Å². The first-order chi connectivity index (χ1) is 8.92. The molecule has 2 aromatic carbocycles. The second kappa shape index (κ2) is 7.12. The Hall–Kier alpha value is -1.41. The molecule has 0 aliphatic heterocycles. The van der Waals surface area contributed by atoms with Gasteiger partial charge in [0.1, 0.15) is 0 Å². The molecule has 2 aromatic rings. The van der Waals surface area contributed by atoms with Crippen molar-refractivity contribution in [1.82, 2.24) is 0 Å². The molecule has 2 heteroatoms. The van der Waals surface area contributed by atoms with Gasteiger partial charge in [0.25, 0.3) is 0 Å². The Labute approximate surface area is 114 Å². The van der Waals surface area contributed by atoms with Gasteiger partial charge in [-0.05, 0) is 17.4 Å². The summed E-state index contributed by atoms with van der Waals surface area (Å²) in [4.78, 5) is 0. The zero-order valence-corrected chi connectivity index (χ0v) is 11.5. The van der Waals surface area contributed by atoms with Crippen LogP contribution in [0.5, 0.6) is 0 Å². The van der Waals surface area contributed by atoms with E-state index in [1.807, 2.05) is 11.8 Å². The predicted molar refractivity (Wildman–Crippen MR) is 83.4 cm³/mol. The van der Waals surface area contributed by atoms with Crippen molar-refractivity contribution in [3.63, 3.8) is 0 Å². The maximum atomic E-state index is 3.53. The third kappa shape index (κ3) is 3.54. The van der Waals surface area contributed by atoms with Crippen LogP contribution in [-0.4, -0.2) is 18.1 Å². The monoisotopic (exact) mass is 257 g/mol. The molecule has 0 aliphatic carbocycles. The molecule has 0 atom stereocenters. The number of anilines is 1. The van der Waals surface area contributed by atoms with Crippen LogP contribution in [0.3, 0.4) is 0 Å². The summed E-state index contributed by atoms with van der Waals surface area (Å²) in [5, 5.41) is 3.53. The Morgan fingerprint density at radius 2 is 1.67 bits per heavy atom. The predicted octanol–water partition coefficient (Wildman–Crippen LogP) is 4.52. The van der Waals surface area contributed by atoms with E-state index in [2.05, 4.69) is 66.8 Å². The van der Waals surface area contributed by atoms with Gasteiger partial charge < -0.3 is 5.32 Å². The van der Waals surface area contributed by atoms with E-state index in [4.69, 9.17) is 0 Å². The highest BCUT2D eigenvalue weighted by Crippen LogP contribution is 2.27. The first-order valence-corrected chi connectivity index (χ1v) is 7.53. The van der Waals surface area contributed by atoms with Crippen molar-refractivity contribution in [2.75, 3.05) is 23.4 Å². The van der Waals surface area contributed by atoms with Crippen LogP contribution in [0.4, 0.5) is 5.69 Å². The highest BCUT2D eigenvalue weighted by atomic mass is 32.2. The summed E-state index contributed by atoms with van der Waals surface area (Å²) in [6, 6.07) is 19.0. The summed E-state index contributed by atoms with van der Waals surface area (Å²) in [5.41, 5.74) is 3.77. The molecule has 0 bridgehead atoms. The third-order valence-electron chi connectivity index (χ3n) is 2.78. The SMILES string of the molecule is CCSCCNc1ccccc1-c1ccccc1. The fourth-order valence-electron chi connectivity index (χ4n) is 1.91. The molecule has 0 amide bonds. The Kier molecular flexibility index (Phi) is 5.15. The summed E-state index contributed by atoms with van der Waals surface area (Å²) in [7, 11) is 0. The highest BCUT2D eigenvalue weighted by molar-refractivity contribution is 7.99. The van der Waals surface area contributed by atoms with Crippen LogP contribution >= 0.6 is 11.8 Å². The van der Waals surface area contributed by atoms with Gasteiger partial charge in [0.15, 0.2) is 0 Å². The number of nitrogens with one attached hydrogen (secondary N) is 1. The Morgan fingerprint density at radius 1 is 0.944 bits per heavy atom. The standard InChI is InChI=1S/C16H19NS/c1-2-18-13-12-17-16-11-7-6-10-15(16)14-8-4-3-5-9-14/h3-11,17H,2,12-13H2,1H3. The van der Waals surface area contributed by atoms with E-state index in [1.165, 1.54) is 22.6 Å². The van der Waals surface area contributed by atoms with Crippen LogP contribution in [0.2, 0.25) is 0 Å². The van der Waals surface area contributed by atoms with Crippen molar-refractivity contribution in [2.45, 2.75) is 6.92 Å². The highest BCUT2D eigenvalue weighted by Gasteiger charge is 2.02. The molecule has 0 saturated carbocycles. The Balaban J connectivity index is 2.11. The molecule has 2 rings (SSSR count). The normalized spacial score (nSPS) is 10.3. The number of hydrogen-bond donors (Lipinski definition) is 1. The second-order valence-corrected chi connectivity index (χ2v) is 5.43. The van der Waals surface area contributed by atoms with Crippen LogP contribution in [0, 0.1) is 0 Å². The van der Waals surface area contributed by atoms with Gasteiger partial charge in [-0.1, -0.05) is 55.5 Å². The number of rotatable bonds is 6. The topological polar surface area (TPSA) is 12.0 Å². The quantitative estimate of drug-likeness (QED) is 0.764. The maximum absolute atomic E-state index is 3.53. The lowest BCUT2D eigenvalue weighted by Crippen LogP contribution is -2.05. The van der Waals surface area contributed by atoms with E-state index in [9.17, 15) is 0 Å². The molecular weight excluding hydrogens is 238 g/mol. The second-order valence-electron chi connectivity index (χ2n) is 4.04. The molecule has 94 valence electrons. The van der Waals surface area contributed by atoms with Crippen molar-refractivity contribution in [2.24, 2.45) is 0 Å². The largest absolute Gasteiger partial charge is 0.384 e. The molecule has 0 heterocycles. The van der Waals surface area contributed by atoms with Gasteiger partial charge in [0.2, 0.25) is 0 Å². The molecular formula is C16H19NS. The van der Waals surface area contributed by atoms with E-state index in [-0.39, 0.29) is 0 Å². The van der Waals surface area contributed by atoms with Crippen molar-refractivity contribution in [3.8, 4) is 11.1 Å². The molecule has 0 aromatic heterocycles. The van der Waals surface area contributed by atoms with E-state index >= 15 is 0 Å². The van der Waals surface area contributed by atoms with Gasteiger partial charge in [-0.2, -0.15) is 11.8 Å². The fourth-order valence-corrected chi connectivity index (χ4v) is 2.44. The number of para-hydroxylation sites is 1. The lowest BCUT2D eigenvalue weighted by Gasteiger charge is -2.11. The summed E-state index contributed by atoms with van der Waals surface area (Å²) < 4.78 is 0. The average molecular weight is 257 g/mol. The Morgan fingerprint density at radius 3 is 2.44 bits per heavy atom. The minimum Gasteiger partial charge on any atom is -0.384 e. The first kappa shape index (κ1) is 13.0. The maximum Gasteiger partial charge on any atom is 0.0420 e. The van der Waals surface area contributed by atoms with Crippen LogP contribution in [0.1, 0.15) is 6.92 Å². The van der Waals surface area contributed by atoms with Crippen molar-refractivity contribution in [1.29, 1.82) is 0 Å². The summed E-state index contributed by atoms with van der Waals surface area (Å²) in [5.74, 6) is 2.33. The van der Waals surface area contributed by atoms with E-state index < -0.39 is 0 Å². The van der Waals surface area contributed by atoms with Gasteiger partial charge in [0.05, 0.1) is 0 Å². The van der Waals surface area contributed by atoms with Crippen LogP contribution in [-0.2, 0) is 0 Å². The number of hydrogen-bond acceptors (Lipinski definition) is 2. The molecule has 0 spiro atoms. The molecule has 18 heavy (non-hydrogen) atoms. The van der Waals surface area contributed by atoms with Crippen LogP contribution in [0.15, 0.2) is 54.6 Å². The molecule has 0 unspecified atom stereocenters. The van der Waals surface area contributed by atoms with E-state index in [0.29, 0.717) is 0 Å². The van der Waals surface area contributed by atoms with Gasteiger partial charge in [-0.15, -0.1) is 0 Å². The fraction of sp³-hybridized carbons (Fsp3) is 0.250. The lowest BCUT2D eigenvalue weighted by molar-refractivity contribution is 1.23. The minimum atomic E-state index is 1.02. The third-order valence-corrected chi connectivity index (χ3v) is 3.68. The molecule has 0 fully saturated rings. The van der Waals surface area contributed by atoms with Crippen LogP contribution in [0.25, 0.3) is 11.1 Å². The van der Waals surface area contributed by atoms with E-state index in [1.54, 1.807) is 0 Å². The van der Waals surface area contributed by atoms with E-state index in [0.717, 1.165) is 12.3 Å². The number of benzene rings is 2. The lowest BCUT2D eigenvalue weighted by atomic mass is 10.0. The van der Waals surface area contributed by atoms with Gasteiger partial charge in [0, 0.05) is 23.5 Å². The smallest absolute Gasteiger partial charge is 0.0420 e. The zero-order valence-electron chi connectivity index (χ0n) is 10.7. The minimum absolute atomic E-state index is 1.02. The Bertz CT molecular complexity index is 468. The summed E-state index contributed by atoms with van der Waals surface area (Å²) in [6.45, 7) is 3.21. The number of thioether (sulfide) groups is 1. The van der Waals surface area contributed by atoms with Crippen molar-refractivity contribution < 1.29 is 0 Å². The first-order valence-electron chi connectivity index (χ1n) is 6.38.